The highest BCUT2D eigenvalue weighted by molar-refractivity contribution is 6.32. The van der Waals surface area contributed by atoms with Gasteiger partial charge in [0.25, 0.3) is 0 Å². The Morgan fingerprint density at radius 3 is 2.89 bits per heavy atom. The van der Waals surface area contributed by atoms with Gasteiger partial charge in [-0.25, -0.2) is 0 Å². The molecule has 1 saturated heterocycles. The van der Waals surface area contributed by atoms with E-state index in [1.165, 1.54) is 18.4 Å². The number of rotatable bonds is 5. The molecule has 0 aromatic heterocycles. The third kappa shape index (κ3) is 3.85. The first-order valence-corrected chi connectivity index (χ1v) is 7.45. The fourth-order valence-electron chi connectivity index (χ4n) is 2.28. The summed E-state index contributed by atoms with van der Waals surface area (Å²) in [4.78, 5) is 0. The Hall–Kier alpha value is -0.770. The Kier molecular flexibility index (Phi) is 4.26. The van der Waals surface area contributed by atoms with Crippen LogP contribution in [0, 0.1) is 0 Å². The molecule has 1 aromatic carbocycles. The number of halogens is 1. The van der Waals surface area contributed by atoms with Gasteiger partial charge in [0.1, 0.15) is 11.9 Å². The molecule has 3 rings (SSSR count). The van der Waals surface area contributed by atoms with E-state index in [2.05, 4.69) is 11.4 Å². The standard InChI is InChI=1S/C15H20ClNO2/c16-14-8-11(9-17-12-4-5-12)3-6-15(14)19-13-2-1-7-18-10-13/h3,6,8,12-13,17H,1-2,4-5,7,9-10H2. The molecule has 4 heteroatoms. The molecule has 1 heterocycles. The summed E-state index contributed by atoms with van der Waals surface area (Å²) in [6.07, 6.45) is 4.85. The number of benzene rings is 1. The van der Waals surface area contributed by atoms with Gasteiger partial charge >= 0.3 is 0 Å². The van der Waals surface area contributed by atoms with Crippen LogP contribution in [0.1, 0.15) is 31.2 Å². The van der Waals surface area contributed by atoms with Gasteiger partial charge in [0, 0.05) is 19.2 Å². The molecule has 0 amide bonds. The van der Waals surface area contributed by atoms with E-state index in [4.69, 9.17) is 21.1 Å². The molecular formula is C15H20ClNO2. The van der Waals surface area contributed by atoms with Gasteiger partial charge in [-0.05, 0) is 43.4 Å². The molecule has 19 heavy (non-hydrogen) atoms. The van der Waals surface area contributed by atoms with E-state index >= 15 is 0 Å². The van der Waals surface area contributed by atoms with Crippen molar-refractivity contribution in [1.82, 2.24) is 5.32 Å². The zero-order valence-electron chi connectivity index (χ0n) is 11.0. The summed E-state index contributed by atoms with van der Waals surface area (Å²) in [6.45, 7) is 2.40. The van der Waals surface area contributed by atoms with Crippen molar-refractivity contribution >= 4 is 11.6 Å². The van der Waals surface area contributed by atoms with Gasteiger partial charge in [-0.1, -0.05) is 17.7 Å². The summed E-state index contributed by atoms with van der Waals surface area (Å²) in [7, 11) is 0. The lowest BCUT2D eigenvalue weighted by molar-refractivity contribution is 0.00747. The molecule has 1 aliphatic carbocycles. The smallest absolute Gasteiger partial charge is 0.138 e. The largest absolute Gasteiger partial charge is 0.486 e. The van der Waals surface area contributed by atoms with Crippen LogP contribution in [0.25, 0.3) is 0 Å². The van der Waals surface area contributed by atoms with Crippen LogP contribution in [0.3, 0.4) is 0 Å². The van der Waals surface area contributed by atoms with Crippen molar-refractivity contribution in [2.45, 2.75) is 44.4 Å². The van der Waals surface area contributed by atoms with Crippen LogP contribution in [-0.2, 0) is 11.3 Å². The van der Waals surface area contributed by atoms with Crippen molar-refractivity contribution in [2.75, 3.05) is 13.2 Å². The summed E-state index contributed by atoms with van der Waals surface area (Å²) < 4.78 is 11.3. The lowest BCUT2D eigenvalue weighted by atomic mass is 10.1. The van der Waals surface area contributed by atoms with Crippen LogP contribution < -0.4 is 10.1 Å². The normalized spacial score (nSPS) is 23.3. The average molecular weight is 282 g/mol. The quantitative estimate of drug-likeness (QED) is 0.899. The van der Waals surface area contributed by atoms with E-state index in [-0.39, 0.29) is 6.10 Å². The Labute approximate surface area is 119 Å². The maximum atomic E-state index is 6.29. The maximum absolute atomic E-state index is 6.29. The van der Waals surface area contributed by atoms with Gasteiger partial charge in [-0.3, -0.25) is 0 Å². The third-order valence-corrected chi connectivity index (χ3v) is 3.88. The highest BCUT2D eigenvalue weighted by atomic mass is 35.5. The number of nitrogens with one attached hydrogen (secondary N) is 1. The first-order chi connectivity index (χ1) is 9.31. The van der Waals surface area contributed by atoms with E-state index < -0.39 is 0 Å². The summed E-state index contributed by atoms with van der Waals surface area (Å²) in [5, 5.41) is 4.18. The minimum atomic E-state index is 0.140. The second kappa shape index (κ2) is 6.12. The van der Waals surface area contributed by atoms with E-state index in [9.17, 15) is 0 Å². The Balaban J connectivity index is 1.58. The zero-order chi connectivity index (χ0) is 13.1. The van der Waals surface area contributed by atoms with Crippen molar-refractivity contribution in [1.29, 1.82) is 0 Å². The predicted octanol–water partition coefficient (Wildman–Crippen LogP) is 3.15. The molecule has 1 aliphatic heterocycles. The molecule has 1 aromatic rings. The molecule has 1 N–H and O–H groups in total. The van der Waals surface area contributed by atoms with Gasteiger partial charge in [-0.15, -0.1) is 0 Å². The lowest BCUT2D eigenvalue weighted by Crippen LogP contribution is -2.28. The van der Waals surface area contributed by atoms with Crippen molar-refractivity contribution in [3.8, 4) is 5.75 Å². The molecule has 0 spiro atoms. The minimum Gasteiger partial charge on any atom is -0.486 e. The van der Waals surface area contributed by atoms with E-state index in [1.54, 1.807) is 0 Å². The fraction of sp³-hybridized carbons (Fsp3) is 0.600. The monoisotopic (exact) mass is 281 g/mol. The number of ether oxygens (including phenoxy) is 2. The molecule has 0 bridgehead atoms. The van der Waals surface area contributed by atoms with Crippen LogP contribution in [0.4, 0.5) is 0 Å². The number of hydrogen-bond acceptors (Lipinski definition) is 3. The predicted molar refractivity (Wildman–Crippen MR) is 75.8 cm³/mol. The summed E-state index contributed by atoms with van der Waals surface area (Å²) >= 11 is 6.29. The summed E-state index contributed by atoms with van der Waals surface area (Å²) in [5.41, 5.74) is 1.21. The van der Waals surface area contributed by atoms with Crippen molar-refractivity contribution < 1.29 is 9.47 Å². The molecule has 2 aliphatic rings. The first kappa shape index (κ1) is 13.2. The molecule has 1 saturated carbocycles. The Morgan fingerprint density at radius 1 is 1.32 bits per heavy atom. The molecule has 1 unspecified atom stereocenters. The van der Waals surface area contributed by atoms with Crippen LogP contribution in [0.15, 0.2) is 18.2 Å². The molecule has 104 valence electrons. The fourth-order valence-corrected chi connectivity index (χ4v) is 2.53. The van der Waals surface area contributed by atoms with E-state index in [1.807, 2.05) is 12.1 Å². The number of hydrogen-bond donors (Lipinski definition) is 1. The third-order valence-electron chi connectivity index (χ3n) is 3.58. The average Bonchev–Trinajstić information content (AvgIpc) is 3.25. The summed E-state index contributed by atoms with van der Waals surface area (Å²) in [6, 6.07) is 6.77. The van der Waals surface area contributed by atoms with Gasteiger partial charge in [0.2, 0.25) is 0 Å². The van der Waals surface area contributed by atoms with Crippen molar-refractivity contribution in [3.63, 3.8) is 0 Å². The minimum absolute atomic E-state index is 0.140. The zero-order valence-corrected chi connectivity index (χ0v) is 11.8. The lowest BCUT2D eigenvalue weighted by Gasteiger charge is -2.23. The van der Waals surface area contributed by atoms with Crippen molar-refractivity contribution in [3.05, 3.63) is 28.8 Å². The molecule has 1 atom stereocenters. The van der Waals surface area contributed by atoms with Gasteiger partial charge in [0.05, 0.1) is 11.6 Å². The van der Waals surface area contributed by atoms with Crippen LogP contribution in [0.5, 0.6) is 5.75 Å². The maximum Gasteiger partial charge on any atom is 0.138 e. The second-order valence-corrected chi connectivity index (χ2v) is 5.78. The summed E-state index contributed by atoms with van der Waals surface area (Å²) in [5.74, 6) is 0.771. The Bertz CT molecular complexity index is 428. The topological polar surface area (TPSA) is 30.5 Å². The molecular weight excluding hydrogens is 262 g/mol. The van der Waals surface area contributed by atoms with Crippen LogP contribution in [-0.4, -0.2) is 25.4 Å². The van der Waals surface area contributed by atoms with E-state index in [0.717, 1.165) is 31.7 Å². The second-order valence-electron chi connectivity index (χ2n) is 5.38. The van der Waals surface area contributed by atoms with Gasteiger partial charge < -0.3 is 14.8 Å². The van der Waals surface area contributed by atoms with Crippen LogP contribution >= 0.6 is 11.6 Å². The first-order valence-electron chi connectivity index (χ1n) is 7.07. The van der Waals surface area contributed by atoms with E-state index in [0.29, 0.717) is 17.7 Å². The van der Waals surface area contributed by atoms with Crippen molar-refractivity contribution in [2.24, 2.45) is 0 Å². The molecule has 3 nitrogen and oxygen atoms in total. The molecule has 2 fully saturated rings. The SMILES string of the molecule is Clc1cc(CNC2CC2)ccc1OC1CCCOC1. The van der Waals surface area contributed by atoms with Crippen LogP contribution in [0.2, 0.25) is 5.02 Å². The van der Waals surface area contributed by atoms with Gasteiger partial charge in [0.15, 0.2) is 0 Å². The highest BCUT2D eigenvalue weighted by Crippen LogP contribution is 2.28. The molecule has 0 radical (unpaired) electrons. The highest BCUT2D eigenvalue weighted by Gasteiger charge is 2.20. The van der Waals surface area contributed by atoms with Gasteiger partial charge in [-0.2, -0.15) is 0 Å². The Morgan fingerprint density at radius 2 is 2.21 bits per heavy atom.